The molecule has 0 amide bonds. The van der Waals surface area contributed by atoms with Crippen LogP contribution in [-0.4, -0.2) is 18.4 Å². The van der Waals surface area contributed by atoms with E-state index in [2.05, 4.69) is 25.3 Å². The largest absolute Gasteiger partial charge is 0.340 e. The summed E-state index contributed by atoms with van der Waals surface area (Å²) in [5.41, 5.74) is 5.02. The molecule has 0 fully saturated rings. The lowest BCUT2D eigenvalue weighted by Crippen LogP contribution is -2.13. The topological polar surface area (TPSA) is 96.0 Å². The number of nitrogens with zero attached hydrogens (tertiary/aromatic N) is 2. The molecule has 0 unspecified atom stereocenters. The quantitative estimate of drug-likeness (QED) is 0.329. The average Bonchev–Trinajstić information content (AvgIpc) is 2.76. The highest BCUT2D eigenvalue weighted by atomic mass is 32.2. The number of hydrogen-bond donors (Lipinski definition) is 3. The highest BCUT2D eigenvalue weighted by molar-refractivity contribution is 7.92. The molecule has 0 aliphatic rings. The van der Waals surface area contributed by atoms with E-state index >= 15 is 0 Å². The summed E-state index contributed by atoms with van der Waals surface area (Å²) in [5.74, 6) is 1.12. The molecule has 168 valence electrons. The Hall–Kier alpha value is -3.91. The molecule has 1 aromatic heterocycles. The first-order valence-corrected chi connectivity index (χ1v) is 11.9. The van der Waals surface area contributed by atoms with Gasteiger partial charge in [0.15, 0.2) is 0 Å². The molecule has 0 aliphatic carbocycles. The Morgan fingerprint density at radius 3 is 2.00 bits per heavy atom. The molecule has 3 aromatic carbocycles. The van der Waals surface area contributed by atoms with Crippen molar-refractivity contribution in [3.05, 3.63) is 95.7 Å². The maximum Gasteiger partial charge on any atom is 0.261 e. The predicted octanol–water partition coefficient (Wildman–Crippen LogP) is 5.69. The van der Waals surface area contributed by atoms with E-state index in [1.54, 1.807) is 42.5 Å². The van der Waals surface area contributed by atoms with E-state index in [1.165, 1.54) is 5.56 Å². The zero-order valence-electron chi connectivity index (χ0n) is 18.6. The summed E-state index contributed by atoms with van der Waals surface area (Å²) in [4.78, 5) is 9.21. The number of nitrogens with one attached hydrogen (secondary N) is 3. The molecule has 0 radical (unpaired) electrons. The second-order valence-electron chi connectivity index (χ2n) is 7.83. The molecular weight excluding hydrogens is 434 g/mol. The second kappa shape index (κ2) is 9.30. The maximum atomic E-state index is 12.6. The van der Waals surface area contributed by atoms with Crippen LogP contribution in [0, 0.1) is 20.8 Å². The molecule has 0 aliphatic heterocycles. The van der Waals surface area contributed by atoms with E-state index in [0.29, 0.717) is 17.5 Å². The van der Waals surface area contributed by atoms with Gasteiger partial charge < -0.3 is 10.6 Å². The first-order chi connectivity index (χ1) is 15.8. The van der Waals surface area contributed by atoms with Gasteiger partial charge in [-0.05, 0) is 74.9 Å². The van der Waals surface area contributed by atoms with Gasteiger partial charge in [-0.25, -0.2) is 13.4 Å². The van der Waals surface area contributed by atoms with Crippen LogP contribution in [0.5, 0.6) is 0 Å². The smallest absolute Gasteiger partial charge is 0.261 e. The Morgan fingerprint density at radius 1 is 0.667 bits per heavy atom. The van der Waals surface area contributed by atoms with Crippen molar-refractivity contribution < 1.29 is 8.42 Å². The molecule has 4 aromatic rings. The normalized spacial score (nSPS) is 11.1. The lowest BCUT2D eigenvalue weighted by Gasteiger charge is -2.12. The van der Waals surface area contributed by atoms with Crippen LogP contribution in [0.25, 0.3) is 0 Å². The van der Waals surface area contributed by atoms with Crippen LogP contribution >= 0.6 is 0 Å². The Kier molecular flexibility index (Phi) is 6.28. The van der Waals surface area contributed by atoms with Gasteiger partial charge in [0.2, 0.25) is 5.95 Å². The molecule has 0 spiro atoms. The van der Waals surface area contributed by atoms with Gasteiger partial charge >= 0.3 is 0 Å². The summed E-state index contributed by atoms with van der Waals surface area (Å²) in [6.07, 6.45) is 0. The number of benzene rings is 3. The van der Waals surface area contributed by atoms with E-state index in [4.69, 9.17) is 0 Å². The van der Waals surface area contributed by atoms with Crippen LogP contribution in [0.4, 0.5) is 28.8 Å². The number of aromatic nitrogens is 2. The van der Waals surface area contributed by atoms with Gasteiger partial charge in [-0.15, -0.1) is 0 Å². The summed E-state index contributed by atoms with van der Waals surface area (Å²) in [6, 6.07) is 23.6. The van der Waals surface area contributed by atoms with Crippen molar-refractivity contribution in [3.8, 4) is 0 Å². The summed E-state index contributed by atoms with van der Waals surface area (Å²) in [7, 11) is -3.65. The molecule has 3 N–H and O–H groups in total. The van der Waals surface area contributed by atoms with Crippen LogP contribution in [0.15, 0.2) is 83.8 Å². The molecule has 7 nitrogen and oxygen atoms in total. The Balaban J connectivity index is 1.46. The van der Waals surface area contributed by atoms with Crippen molar-refractivity contribution in [2.75, 3.05) is 15.4 Å². The number of hydrogen-bond acceptors (Lipinski definition) is 6. The summed E-state index contributed by atoms with van der Waals surface area (Å²) in [6.45, 7) is 5.79. The molecule has 4 rings (SSSR count). The fraction of sp³-hybridized carbons (Fsp3) is 0.120. The molecular formula is C25H25N5O2S. The Labute approximate surface area is 194 Å². The molecule has 1 heterocycles. The standard InChI is InChI=1S/C25H25N5O2S/c1-17-7-9-21(10-8-17)28-25-26-19(3)16-24(29-25)27-20-11-13-22(14-12-20)30-33(31,32)23-6-4-5-18(2)15-23/h4-16,30H,1-3H3,(H2,26,27,28,29). The molecule has 8 heteroatoms. The lowest BCUT2D eigenvalue weighted by molar-refractivity contribution is 0.601. The second-order valence-corrected chi connectivity index (χ2v) is 9.52. The Bertz CT molecular complexity index is 1370. The third-order valence-electron chi connectivity index (χ3n) is 4.87. The molecule has 0 saturated heterocycles. The zero-order chi connectivity index (χ0) is 23.4. The summed E-state index contributed by atoms with van der Waals surface area (Å²) < 4.78 is 27.9. The monoisotopic (exact) mass is 459 g/mol. The van der Waals surface area contributed by atoms with Crippen molar-refractivity contribution in [1.82, 2.24) is 9.97 Å². The minimum Gasteiger partial charge on any atom is -0.340 e. The maximum absolute atomic E-state index is 12.6. The van der Waals surface area contributed by atoms with E-state index in [-0.39, 0.29) is 4.90 Å². The first kappa shape index (κ1) is 22.3. The van der Waals surface area contributed by atoms with Gasteiger partial charge in [0.1, 0.15) is 5.82 Å². The van der Waals surface area contributed by atoms with Crippen molar-refractivity contribution in [1.29, 1.82) is 0 Å². The van der Waals surface area contributed by atoms with Gasteiger partial charge in [0, 0.05) is 28.8 Å². The summed E-state index contributed by atoms with van der Waals surface area (Å²) >= 11 is 0. The van der Waals surface area contributed by atoms with Crippen LogP contribution in [0.1, 0.15) is 16.8 Å². The number of sulfonamides is 1. The van der Waals surface area contributed by atoms with Crippen molar-refractivity contribution in [3.63, 3.8) is 0 Å². The Morgan fingerprint density at radius 2 is 1.30 bits per heavy atom. The van der Waals surface area contributed by atoms with E-state index < -0.39 is 10.0 Å². The van der Waals surface area contributed by atoms with Gasteiger partial charge in [-0.2, -0.15) is 4.98 Å². The molecule has 0 bridgehead atoms. The predicted molar refractivity (Wildman–Crippen MR) is 133 cm³/mol. The third-order valence-corrected chi connectivity index (χ3v) is 6.25. The third kappa shape index (κ3) is 5.87. The highest BCUT2D eigenvalue weighted by Gasteiger charge is 2.14. The van der Waals surface area contributed by atoms with Gasteiger partial charge in [-0.3, -0.25) is 4.72 Å². The number of aryl methyl sites for hydroxylation is 3. The fourth-order valence-corrected chi connectivity index (χ4v) is 4.38. The van der Waals surface area contributed by atoms with Gasteiger partial charge in [0.05, 0.1) is 4.90 Å². The van der Waals surface area contributed by atoms with Crippen LogP contribution in [0.2, 0.25) is 0 Å². The molecule has 33 heavy (non-hydrogen) atoms. The molecule has 0 saturated carbocycles. The minimum absolute atomic E-state index is 0.231. The summed E-state index contributed by atoms with van der Waals surface area (Å²) in [5, 5.41) is 6.45. The number of rotatable bonds is 7. The van der Waals surface area contributed by atoms with E-state index in [0.717, 1.165) is 22.6 Å². The van der Waals surface area contributed by atoms with Crippen molar-refractivity contribution >= 4 is 38.9 Å². The highest BCUT2D eigenvalue weighted by Crippen LogP contribution is 2.22. The minimum atomic E-state index is -3.65. The molecule has 0 atom stereocenters. The lowest BCUT2D eigenvalue weighted by atomic mass is 10.2. The van der Waals surface area contributed by atoms with Crippen LogP contribution in [-0.2, 0) is 10.0 Å². The van der Waals surface area contributed by atoms with Crippen molar-refractivity contribution in [2.24, 2.45) is 0 Å². The number of anilines is 5. The van der Waals surface area contributed by atoms with Gasteiger partial charge in [0.25, 0.3) is 10.0 Å². The van der Waals surface area contributed by atoms with E-state index in [9.17, 15) is 8.42 Å². The van der Waals surface area contributed by atoms with Crippen molar-refractivity contribution in [2.45, 2.75) is 25.7 Å². The fourth-order valence-electron chi connectivity index (χ4n) is 3.22. The van der Waals surface area contributed by atoms with Crippen LogP contribution < -0.4 is 15.4 Å². The SMILES string of the molecule is Cc1ccc(Nc2nc(C)cc(Nc3ccc(NS(=O)(=O)c4cccc(C)c4)cc3)n2)cc1. The average molecular weight is 460 g/mol. The first-order valence-electron chi connectivity index (χ1n) is 10.4. The van der Waals surface area contributed by atoms with E-state index in [1.807, 2.05) is 57.2 Å². The zero-order valence-corrected chi connectivity index (χ0v) is 19.4. The van der Waals surface area contributed by atoms with Gasteiger partial charge in [-0.1, -0.05) is 29.8 Å². The van der Waals surface area contributed by atoms with Crippen LogP contribution in [0.3, 0.4) is 0 Å².